The maximum Gasteiger partial charge on any atom is 0.237 e. The molecule has 3 rings (SSSR count). The Bertz CT molecular complexity index is 828. The SMILES string of the molecule is C[C@H](NC(c1ccccc1)c1ccccc1)C(=O)NCc1ccccc1Cl. The molecule has 0 aromatic heterocycles. The minimum atomic E-state index is -0.363. The number of carbonyl (C=O) groups excluding carboxylic acids is 1. The highest BCUT2D eigenvalue weighted by Crippen LogP contribution is 2.22. The first kappa shape index (κ1) is 19.2. The summed E-state index contributed by atoms with van der Waals surface area (Å²) < 4.78 is 0. The van der Waals surface area contributed by atoms with Gasteiger partial charge in [-0.2, -0.15) is 0 Å². The van der Waals surface area contributed by atoms with Crippen LogP contribution in [0, 0.1) is 0 Å². The van der Waals surface area contributed by atoms with Crippen LogP contribution < -0.4 is 10.6 Å². The van der Waals surface area contributed by atoms with Crippen LogP contribution in [0.2, 0.25) is 5.02 Å². The van der Waals surface area contributed by atoms with Gasteiger partial charge < -0.3 is 5.32 Å². The van der Waals surface area contributed by atoms with E-state index in [9.17, 15) is 4.79 Å². The molecule has 3 nitrogen and oxygen atoms in total. The number of amides is 1. The molecule has 0 fully saturated rings. The molecule has 0 saturated carbocycles. The Labute approximate surface area is 165 Å². The van der Waals surface area contributed by atoms with Crippen LogP contribution in [-0.4, -0.2) is 11.9 Å². The average Bonchev–Trinajstić information content (AvgIpc) is 2.72. The third-order valence-electron chi connectivity index (χ3n) is 4.49. The van der Waals surface area contributed by atoms with E-state index in [-0.39, 0.29) is 18.0 Å². The molecule has 0 heterocycles. The van der Waals surface area contributed by atoms with E-state index >= 15 is 0 Å². The van der Waals surface area contributed by atoms with Crippen LogP contribution in [-0.2, 0) is 11.3 Å². The van der Waals surface area contributed by atoms with E-state index < -0.39 is 0 Å². The molecular formula is C23H23ClN2O. The van der Waals surface area contributed by atoms with Gasteiger partial charge in [-0.1, -0.05) is 90.5 Å². The Morgan fingerprint density at radius 3 is 1.93 bits per heavy atom. The van der Waals surface area contributed by atoms with E-state index in [2.05, 4.69) is 34.9 Å². The second kappa shape index (κ2) is 9.36. The van der Waals surface area contributed by atoms with Gasteiger partial charge in [-0.15, -0.1) is 0 Å². The monoisotopic (exact) mass is 378 g/mol. The van der Waals surface area contributed by atoms with Crippen LogP contribution in [0.25, 0.3) is 0 Å². The highest BCUT2D eigenvalue weighted by atomic mass is 35.5. The predicted molar refractivity (Wildman–Crippen MR) is 111 cm³/mol. The first-order chi connectivity index (χ1) is 13.1. The summed E-state index contributed by atoms with van der Waals surface area (Å²) in [5, 5.41) is 7.07. The van der Waals surface area contributed by atoms with Gasteiger partial charge in [0, 0.05) is 11.6 Å². The van der Waals surface area contributed by atoms with Crippen molar-refractivity contribution in [3.05, 3.63) is 107 Å². The minimum Gasteiger partial charge on any atom is -0.351 e. The number of nitrogens with one attached hydrogen (secondary N) is 2. The van der Waals surface area contributed by atoms with Crippen molar-refractivity contribution in [1.82, 2.24) is 10.6 Å². The molecule has 0 unspecified atom stereocenters. The summed E-state index contributed by atoms with van der Waals surface area (Å²) in [6, 6.07) is 27.4. The number of benzene rings is 3. The number of hydrogen-bond donors (Lipinski definition) is 2. The standard InChI is InChI=1S/C23H23ClN2O/c1-17(23(27)25-16-20-14-8-9-15-21(20)24)26-22(18-10-4-2-5-11-18)19-12-6-3-7-13-19/h2-15,17,22,26H,16H2,1H3,(H,25,27)/t17-/m0/s1. The van der Waals surface area contributed by atoms with Crippen LogP contribution >= 0.6 is 11.6 Å². The third kappa shape index (κ3) is 5.19. The van der Waals surface area contributed by atoms with Crippen molar-refractivity contribution < 1.29 is 4.79 Å². The van der Waals surface area contributed by atoms with Crippen molar-refractivity contribution in [1.29, 1.82) is 0 Å². The first-order valence-electron chi connectivity index (χ1n) is 9.02. The molecule has 0 bridgehead atoms. The molecule has 138 valence electrons. The first-order valence-corrected chi connectivity index (χ1v) is 9.40. The van der Waals surface area contributed by atoms with Gasteiger partial charge in [0.25, 0.3) is 0 Å². The van der Waals surface area contributed by atoms with Gasteiger partial charge >= 0.3 is 0 Å². The summed E-state index contributed by atoms with van der Waals surface area (Å²) in [5.74, 6) is -0.0632. The number of rotatable bonds is 7. The second-order valence-electron chi connectivity index (χ2n) is 6.45. The Hall–Kier alpha value is -2.62. The van der Waals surface area contributed by atoms with E-state index in [0.29, 0.717) is 11.6 Å². The summed E-state index contributed by atoms with van der Waals surface area (Å²) in [4.78, 5) is 12.6. The Kier molecular flexibility index (Phi) is 6.64. The maximum absolute atomic E-state index is 12.6. The quantitative estimate of drug-likeness (QED) is 0.624. The lowest BCUT2D eigenvalue weighted by Crippen LogP contribution is -2.43. The molecule has 0 saturated heterocycles. The van der Waals surface area contributed by atoms with Crippen LogP contribution in [0.15, 0.2) is 84.9 Å². The van der Waals surface area contributed by atoms with Crippen molar-refractivity contribution >= 4 is 17.5 Å². The number of hydrogen-bond acceptors (Lipinski definition) is 2. The molecule has 1 atom stereocenters. The number of halogens is 1. The Morgan fingerprint density at radius 2 is 1.37 bits per heavy atom. The van der Waals surface area contributed by atoms with Crippen molar-refractivity contribution in [3.8, 4) is 0 Å². The molecule has 1 amide bonds. The van der Waals surface area contributed by atoms with Crippen molar-refractivity contribution in [3.63, 3.8) is 0 Å². The summed E-state index contributed by atoms with van der Waals surface area (Å²) in [5.41, 5.74) is 3.14. The van der Waals surface area contributed by atoms with E-state index in [4.69, 9.17) is 11.6 Å². The minimum absolute atomic E-state index is 0.0616. The average molecular weight is 379 g/mol. The summed E-state index contributed by atoms with van der Waals surface area (Å²) in [7, 11) is 0. The summed E-state index contributed by atoms with van der Waals surface area (Å²) >= 11 is 6.16. The lowest BCUT2D eigenvalue weighted by atomic mass is 9.98. The fourth-order valence-corrected chi connectivity index (χ4v) is 3.18. The highest BCUT2D eigenvalue weighted by molar-refractivity contribution is 6.31. The van der Waals surface area contributed by atoms with Gasteiger partial charge in [-0.25, -0.2) is 0 Å². The molecule has 3 aromatic carbocycles. The lowest BCUT2D eigenvalue weighted by molar-refractivity contribution is -0.123. The maximum atomic E-state index is 12.6. The zero-order valence-electron chi connectivity index (χ0n) is 15.2. The van der Waals surface area contributed by atoms with Gasteiger partial charge in [0.2, 0.25) is 5.91 Å². The molecule has 2 N–H and O–H groups in total. The van der Waals surface area contributed by atoms with Crippen LogP contribution in [0.5, 0.6) is 0 Å². The van der Waals surface area contributed by atoms with Gasteiger partial charge in [-0.3, -0.25) is 10.1 Å². The van der Waals surface area contributed by atoms with Crippen LogP contribution in [0.3, 0.4) is 0 Å². The van der Waals surface area contributed by atoms with Gasteiger partial charge in [0.05, 0.1) is 12.1 Å². The van der Waals surface area contributed by atoms with Crippen LogP contribution in [0.4, 0.5) is 0 Å². The van der Waals surface area contributed by atoms with Crippen LogP contribution in [0.1, 0.15) is 29.7 Å². The molecule has 27 heavy (non-hydrogen) atoms. The fourth-order valence-electron chi connectivity index (χ4n) is 2.98. The molecule has 0 aliphatic carbocycles. The van der Waals surface area contributed by atoms with E-state index in [0.717, 1.165) is 16.7 Å². The molecular weight excluding hydrogens is 356 g/mol. The zero-order valence-corrected chi connectivity index (χ0v) is 16.0. The molecule has 0 spiro atoms. The topological polar surface area (TPSA) is 41.1 Å². The molecule has 0 radical (unpaired) electrons. The van der Waals surface area contributed by atoms with Gasteiger partial charge in [0.1, 0.15) is 0 Å². The fraction of sp³-hybridized carbons (Fsp3) is 0.174. The molecule has 3 aromatic rings. The van der Waals surface area contributed by atoms with E-state index in [1.165, 1.54) is 0 Å². The third-order valence-corrected chi connectivity index (χ3v) is 4.86. The van der Waals surface area contributed by atoms with E-state index in [1.807, 2.05) is 67.6 Å². The largest absolute Gasteiger partial charge is 0.351 e. The summed E-state index contributed by atoms with van der Waals surface area (Å²) in [6.45, 7) is 2.28. The summed E-state index contributed by atoms with van der Waals surface area (Å²) in [6.07, 6.45) is 0. The normalized spacial score (nSPS) is 12.0. The lowest BCUT2D eigenvalue weighted by Gasteiger charge is -2.24. The van der Waals surface area contributed by atoms with E-state index in [1.54, 1.807) is 0 Å². The molecule has 0 aliphatic heterocycles. The highest BCUT2D eigenvalue weighted by Gasteiger charge is 2.20. The smallest absolute Gasteiger partial charge is 0.237 e. The Balaban J connectivity index is 1.70. The number of carbonyl (C=O) groups is 1. The molecule has 0 aliphatic rings. The Morgan fingerprint density at radius 1 is 0.852 bits per heavy atom. The van der Waals surface area contributed by atoms with Gasteiger partial charge in [-0.05, 0) is 29.7 Å². The van der Waals surface area contributed by atoms with Crippen molar-refractivity contribution in [2.24, 2.45) is 0 Å². The molecule has 4 heteroatoms. The van der Waals surface area contributed by atoms with Crippen molar-refractivity contribution in [2.45, 2.75) is 25.6 Å². The predicted octanol–water partition coefficient (Wildman–Crippen LogP) is 4.72. The van der Waals surface area contributed by atoms with Gasteiger partial charge in [0.15, 0.2) is 0 Å². The second-order valence-corrected chi connectivity index (χ2v) is 6.86. The van der Waals surface area contributed by atoms with Crippen molar-refractivity contribution in [2.75, 3.05) is 0 Å². The zero-order chi connectivity index (χ0) is 19.1.